The van der Waals surface area contributed by atoms with E-state index in [-0.39, 0.29) is 18.9 Å². The first-order valence-corrected chi connectivity index (χ1v) is 9.30. The van der Waals surface area contributed by atoms with Gasteiger partial charge in [0.15, 0.2) is 0 Å². The molecular weight excluding hydrogens is 374 g/mol. The van der Waals surface area contributed by atoms with Crippen molar-refractivity contribution in [3.63, 3.8) is 0 Å². The van der Waals surface area contributed by atoms with Crippen molar-refractivity contribution >= 4 is 23.4 Å². The topological polar surface area (TPSA) is 97.0 Å². The Morgan fingerprint density at radius 1 is 1.10 bits per heavy atom. The van der Waals surface area contributed by atoms with Crippen LogP contribution in [0.1, 0.15) is 23.7 Å². The Balaban J connectivity index is 1.58. The zero-order chi connectivity index (χ0) is 20.8. The van der Waals surface area contributed by atoms with Crippen molar-refractivity contribution in [3.05, 3.63) is 54.1 Å². The molecule has 0 saturated carbocycles. The molecule has 2 aromatic rings. The first-order valence-electron chi connectivity index (χ1n) is 9.30. The highest BCUT2D eigenvalue weighted by Gasteiger charge is 2.35. The van der Waals surface area contributed by atoms with E-state index in [1.54, 1.807) is 53.4 Å². The molecule has 1 fully saturated rings. The van der Waals surface area contributed by atoms with Crippen molar-refractivity contribution in [2.24, 2.45) is 5.92 Å². The number of para-hydroxylation sites is 1. The quantitative estimate of drug-likeness (QED) is 0.726. The SMILES string of the molecule is CCOc1ccc(N2C[C@H](C(=O)NNC(=O)c3ccccc3OC)CC2=O)cc1. The molecule has 1 atom stereocenters. The fourth-order valence-electron chi connectivity index (χ4n) is 3.14. The fourth-order valence-corrected chi connectivity index (χ4v) is 3.14. The number of carbonyl (C=O) groups is 3. The molecule has 0 unspecified atom stereocenters. The predicted molar refractivity (Wildman–Crippen MR) is 107 cm³/mol. The number of nitrogens with one attached hydrogen (secondary N) is 2. The summed E-state index contributed by atoms with van der Waals surface area (Å²) < 4.78 is 10.5. The Hall–Kier alpha value is -3.55. The molecule has 29 heavy (non-hydrogen) atoms. The van der Waals surface area contributed by atoms with Crippen LogP contribution in [-0.4, -0.2) is 38.0 Å². The van der Waals surface area contributed by atoms with Crippen molar-refractivity contribution in [3.8, 4) is 11.5 Å². The van der Waals surface area contributed by atoms with Gasteiger partial charge in [0.25, 0.3) is 5.91 Å². The monoisotopic (exact) mass is 397 g/mol. The molecular formula is C21H23N3O5. The number of methoxy groups -OCH3 is 1. The second-order valence-electron chi connectivity index (χ2n) is 6.48. The van der Waals surface area contributed by atoms with Crippen LogP contribution in [0.2, 0.25) is 0 Å². The average Bonchev–Trinajstić information content (AvgIpc) is 3.14. The van der Waals surface area contributed by atoms with Crippen LogP contribution in [0.25, 0.3) is 0 Å². The van der Waals surface area contributed by atoms with E-state index in [2.05, 4.69) is 10.9 Å². The van der Waals surface area contributed by atoms with Crippen molar-refractivity contribution in [2.45, 2.75) is 13.3 Å². The van der Waals surface area contributed by atoms with E-state index >= 15 is 0 Å². The molecule has 8 heteroatoms. The summed E-state index contributed by atoms with van der Waals surface area (Å²) in [6.07, 6.45) is 0.0730. The van der Waals surface area contributed by atoms with E-state index in [1.165, 1.54) is 7.11 Å². The largest absolute Gasteiger partial charge is 0.496 e. The summed E-state index contributed by atoms with van der Waals surface area (Å²) in [6, 6.07) is 13.8. The summed E-state index contributed by atoms with van der Waals surface area (Å²) >= 11 is 0. The minimum atomic E-state index is -0.563. The molecule has 1 aliphatic rings. The first-order chi connectivity index (χ1) is 14.0. The molecule has 0 radical (unpaired) electrons. The number of ether oxygens (including phenoxy) is 2. The van der Waals surface area contributed by atoms with Gasteiger partial charge in [0.05, 0.1) is 25.2 Å². The number of benzene rings is 2. The maximum absolute atomic E-state index is 12.4. The van der Waals surface area contributed by atoms with Gasteiger partial charge in [0.1, 0.15) is 11.5 Å². The Bertz CT molecular complexity index is 897. The molecule has 0 aromatic heterocycles. The zero-order valence-electron chi connectivity index (χ0n) is 16.3. The maximum Gasteiger partial charge on any atom is 0.273 e. The van der Waals surface area contributed by atoms with Crippen molar-refractivity contribution < 1.29 is 23.9 Å². The standard InChI is InChI=1S/C21H23N3O5/c1-3-29-16-10-8-15(9-11-16)24-13-14(12-19(24)25)20(26)22-23-21(27)17-6-4-5-7-18(17)28-2/h4-11,14H,3,12-13H2,1-2H3,(H,22,26)(H,23,27)/t14-/m1/s1. The summed E-state index contributed by atoms with van der Waals surface area (Å²) in [5.74, 6) is -0.510. The van der Waals surface area contributed by atoms with Crippen molar-refractivity contribution in [1.29, 1.82) is 0 Å². The molecule has 8 nitrogen and oxygen atoms in total. The molecule has 1 heterocycles. The van der Waals surface area contributed by atoms with Gasteiger partial charge in [-0.1, -0.05) is 12.1 Å². The van der Waals surface area contributed by atoms with E-state index in [0.717, 1.165) is 5.75 Å². The molecule has 0 spiro atoms. The molecule has 1 saturated heterocycles. The van der Waals surface area contributed by atoms with Crippen molar-refractivity contribution in [2.75, 3.05) is 25.2 Å². The minimum Gasteiger partial charge on any atom is -0.496 e. The third kappa shape index (κ3) is 4.66. The van der Waals surface area contributed by atoms with E-state index in [9.17, 15) is 14.4 Å². The van der Waals surface area contributed by atoms with Crippen LogP contribution in [0.5, 0.6) is 11.5 Å². The number of rotatable bonds is 6. The predicted octanol–water partition coefficient (Wildman–Crippen LogP) is 1.91. The summed E-state index contributed by atoms with van der Waals surface area (Å²) in [4.78, 5) is 38.6. The summed E-state index contributed by atoms with van der Waals surface area (Å²) in [5, 5.41) is 0. The molecule has 2 N–H and O–H groups in total. The van der Waals surface area contributed by atoms with Crippen molar-refractivity contribution in [1.82, 2.24) is 10.9 Å². The molecule has 0 aliphatic carbocycles. The smallest absolute Gasteiger partial charge is 0.273 e. The molecule has 3 rings (SSSR count). The van der Waals surface area contributed by atoms with E-state index in [4.69, 9.17) is 9.47 Å². The number of hydrogen-bond donors (Lipinski definition) is 2. The number of anilines is 1. The highest BCUT2D eigenvalue weighted by molar-refractivity contribution is 6.01. The Morgan fingerprint density at radius 3 is 2.52 bits per heavy atom. The highest BCUT2D eigenvalue weighted by atomic mass is 16.5. The first kappa shape index (κ1) is 20.2. The summed E-state index contributed by atoms with van der Waals surface area (Å²) in [7, 11) is 1.46. The van der Waals surface area contributed by atoms with Crippen LogP contribution >= 0.6 is 0 Å². The number of carbonyl (C=O) groups excluding carboxylic acids is 3. The third-order valence-corrected chi connectivity index (χ3v) is 4.61. The number of nitrogens with zero attached hydrogens (tertiary/aromatic N) is 1. The van der Waals surface area contributed by atoms with Crippen LogP contribution in [0.4, 0.5) is 5.69 Å². The lowest BCUT2D eigenvalue weighted by molar-refractivity contribution is -0.126. The number of hydrogen-bond acceptors (Lipinski definition) is 5. The van der Waals surface area contributed by atoms with Gasteiger partial charge in [-0.3, -0.25) is 25.2 Å². The number of hydrazine groups is 1. The van der Waals surface area contributed by atoms with Gasteiger partial charge in [0, 0.05) is 18.7 Å². The fraction of sp³-hybridized carbons (Fsp3) is 0.286. The van der Waals surface area contributed by atoms with Crippen LogP contribution in [0.3, 0.4) is 0 Å². The van der Waals surface area contributed by atoms with Crippen LogP contribution in [0, 0.1) is 5.92 Å². The Morgan fingerprint density at radius 2 is 1.83 bits per heavy atom. The van der Waals surface area contributed by atoms with E-state index in [0.29, 0.717) is 23.6 Å². The van der Waals surface area contributed by atoms with Gasteiger partial charge in [-0.15, -0.1) is 0 Å². The summed E-state index contributed by atoms with van der Waals surface area (Å²) in [5.41, 5.74) is 5.78. The Labute approximate surface area is 168 Å². The molecule has 152 valence electrons. The van der Waals surface area contributed by atoms with E-state index in [1.807, 2.05) is 6.92 Å². The van der Waals surface area contributed by atoms with Gasteiger partial charge >= 0.3 is 0 Å². The van der Waals surface area contributed by atoms with Gasteiger partial charge in [-0.2, -0.15) is 0 Å². The average molecular weight is 397 g/mol. The second-order valence-corrected chi connectivity index (χ2v) is 6.48. The van der Waals surface area contributed by atoms with Gasteiger partial charge in [-0.25, -0.2) is 0 Å². The Kier molecular flexibility index (Phi) is 6.33. The lowest BCUT2D eigenvalue weighted by Gasteiger charge is -2.17. The lowest BCUT2D eigenvalue weighted by atomic mass is 10.1. The third-order valence-electron chi connectivity index (χ3n) is 4.61. The molecule has 0 bridgehead atoms. The molecule has 1 aliphatic heterocycles. The minimum absolute atomic E-state index is 0.0730. The molecule has 3 amide bonds. The van der Waals surface area contributed by atoms with Crippen LogP contribution in [-0.2, 0) is 9.59 Å². The maximum atomic E-state index is 12.4. The lowest BCUT2D eigenvalue weighted by Crippen LogP contribution is -2.45. The second kappa shape index (κ2) is 9.09. The van der Waals surface area contributed by atoms with Crippen LogP contribution in [0.15, 0.2) is 48.5 Å². The van der Waals surface area contributed by atoms with Gasteiger partial charge in [-0.05, 0) is 43.3 Å². The number of amides is 3. The van der Waals surface area contributed by atoms with E-state index < -0.39 is 17.7 Å². The zero-order valence-corrected chi connectivity index (χ0v) is 16.3. The highest BCUT2D eigenvalue weighted by Crippen LogP contribution is 2.27. The van der Waals surface area contributed by atoms with Crippen LogP contribution < -0.4 is 25.2 Å². The van der Waals surface area contributed by atoms with Gasteiger partial charge < -0.3 is 14.4 Å². The molecule has 2 aromatic carbocycles. The summed E-state index contributed by atoms with van der Waals surface area (Å²) in [6.45, 7) is 2.70. The van der Waals surface area contributed by atoms with Gasteiger partial charge in [0.2, 0.25) is 11.8 Å². The normalized spacial score (nSPS) is 15.7.